The van der Waals surface area contributed by atoms with E-state index in [0.717, 1.165) is 36.1 Å². The van der Waals surface area contributed by atoms with Gasteiger partial charge in [-0.2, -0.15) is 18.2 Å². The zero-order chi connectivity index (χ0) is 27.6. The third-order valence-corrected chi connectivity index (χ3v) is 6.01. The summed E-state index contributed by atoms with van der Waals surface area (Å²) in [5.41, 5.74) is 1.77. The van der Waals surface area contributed by atoms with E-state index in [9.17, 15) is 18.0 Å². The lowest BCUT2D eigenvalue weighted by Gasteiger charge is -2.22. The Balaban J connectivity index is 1.88. The van der Waals surface area contributed by atoms with Crippen LogP contribution in [0.3, 0.4) is 0 Å². The van der Waals surface area contributed by atoms with Crippen LogP contribution in [0.25, 0.3) is 0 Å². The number of unbranched alkanes of at least 4 members (excludes halogenated alkanes) is 8. The van der Waals surface area contributed by atoms with Crippen LogP contribution in [-0.2, 0) is 33.6 Å². The second-order valence-electron chi connectivity index (χ2n) is 9.29. The number of carbonyl (C=O) groups is 1. The maximum absolute atomic E-state index is 12.9. The zero-order valence-corrected chi connectivity index (χ0v) is 22.6. The molecule has 0 saturated heterocycles. The Bertz CT molecular complexity index is 992. The van der Waals surface area contributed by atoms with E-state index < -0.39 is 17.7 Å². The summed E-state index contributed by atoms with van der Waals surface area (Å²) in [4.78, 5) is 17.4. The summed E-state index contributed by atoms with van der Waals surface area (Å²) in [5, 5.41) is 1.54. The van der Waals surface area contributed by atoms with E-state index in [2.05, 4.69) is 18.8 Å². The Morgan fingerprint density at radius 1 is 0.816 bits per heavy atom. The van der Waals surface area contributed by atoms with Crippen molar-refractivity contribution in [1.82, 2.24) is 5.06 Å². The molecule has 0 radical (unpaired) electrons. The van der Waals surface area contributed by atoms with E-state index >= 15 is 0 Å². The molecule has 4 nitrogen and oxygen atoms in total. The van der Waals surface area contributed by atoms with Crippen LogP contribution in [0.2, 0.25) is 0 Å². The zero-order valence-electron chi connectivity index (χ0n) is 22.6. The molecule has 2 rings (SSSR count). The van der Waals surface area contributed by atoms with Crippen molar-refractivity contribution < 1.29 is 27.5 Å². The van der Waals surface area contributed by atoms with Crippen LogP contribution in [0.15, 0.2) is 48.5 Å². The van der Waals surface area contributed by atoms with Crippen LogP contribution in [0.4, 0.5) is 13.2 Å². The fraction of sp³-hybridized carbons (Fsp3) is 0.516. The van der Waals surface area contributed by atoms with Gasteiger partial charge < -0.3 is 4.74 Å². The topological polar surface area (TPSA) is 38.8 Å². The lowest BCUT2D eigenvalue weighted by atomic mass is 10.1. The summed E-state index contributed by atoms with van der Waals surface area (Å²) in [6.45, 7) is 4.44. The molecular formula is C31H40F3NO3. The quantitative estimate of drug-likeness (QED) is 0.0950. The van der Waals surface area contributed by atoms with Crippen LogP contribution in [0.1, 0.15) is 93.9 Å². The Morgan fingerprint density at radius 2 is 1.37 bits per heavy atom. The highest BCUT2D eigenvalue weighted by molar-refractivity contribution is 5.70. The number of benzene rings is 2. The molecule has 0 atom stereocenters. The molecular weight excluding hydrogens is 491 g/mol. The molecule has 0 unspecified atom stereocenters. The number of carbonyl (C=O) groups excluding carboxylic acids is 1. The first kappa shape index (κ1) is 31.4. The minimum absolute atomic E-state index is 0.206. The minimum atomic E-state index is -4.39. The van der Waals surface area contributed by atoms with Crippen LogP contribution >= 0.6 is 0 Å². The number of esters is 1. The monoisotopic (exact) mass is 531 g/mol. The molecule has 2 aromatic carbocycles. The van der Waals surface area contributed by atoms with E-state index in [1.54, 1.807) is 12.0 Å². The highest BCUT2D eigenvalue weighted by atomic mass is 19.4. The van der Waals surface area contributed by atoms with Gasteiger partial charge in [0.15, 0.2) is 6.61 Å². The fourth-order valence-corrected chi connectivity index (χ4v) is 3.91. The van der Waals surface area contributed by atoms with Gasteiger partial charge >= 0.3 is 12.1 Å². The van der Waals surface area contributed by atoms with Gasteiger partial charge in [0.25, 0.3) is 0 Å². The maximum atomic E-state index is 12.9. The average Bonchev–Trinajstić information content (AvgIpc) is 2.89. The highest BCUT2D eigenvalue weighted by Crippen LogP contribution is 2.29. The molecule has 0 amide bonds. The molecule has 0 saturated carbocycles. The third-order valence-electron chi connectivity index (χ3n) is 6.01. The minimum Gasteiger partial charge on any atom is -0.464 e. The van der Waals surface area contributed by atoms with Crippen LogP contribution in [0.5, 0.6) is 0 Å². The summed E-state index contributed by atoms with van der Waals surface area (Å²) < 4.78 is 43.6. The van der Waals surface area contributed by atoms with Gasteiger partial charge in [-0.3, -0.25) is 4.84 Å². The molecule has 38 heavy (non-hydrogen) atoms. The summed E-state index contributed by atoms with van der Waals surface area (Å²) in [7, 11) is 0. The Kier molecular flexibility index (Phi) is 14.6. The second-order valence-corrected chi connectivity index (χ2v) is 9.29. The molecule has 2 aromatic rings. The molecule has 0 N–H and O–H groups in total. The van der Waals surface area contributed by atoms with Gasteiger partial charge in [-0.15, -0.1) is 0 Å². The van der Waals surface area contributed by atoms with Gasteiger partial charge in [-0.1, -0.05) is 88.0 Å². The molecule has 0 fully saturated rings. The van der Waals surface area contributed by atoms with Crippen LogP contribution in [-0.4, -0.2) is 24.2 Å². The van der Waals surface area contributed by atoms with Gasteiger partial charge in [0.2, 0.25) is 0 Å². The van der Waals surface area contributed by atoms with E-state index in [0.29, 0.717) is 12.1 Å². The first-order valence-electron chi connectivity index (χ1n) is 13.6. The van der Waals surface area contributed by atoms with Gasteiger partial charge in [0, 0.05) is 25.1 Å². The SMILES string of the molecule is CCCCCCCCCCC#Cc1ccc(CN(Cc2ccc(C(F)(F)F)cc2)OCC(=O)OCC)cc1. The first-order chi connectivity index (χ1) is 18.3. The van der Waals surface area contributed by atoms with Crippen molar-refractivity contribution in [2.24, 2.45) is 0 Å². The summed E-state index contributed by atoms with van der Waals surface area (Å²) in [6.07, 6.45) is 6.73. The number of halogens is 3. The number of alkyl halides is 3. The number of ether oxygens (including phenoxy) is 1. The molecule has 0 aliphatic rings. The molecule has 7 heteroatoms. The van der Waals surface area contributed by atoms with Gasteiger partial charge in [-0.05, 0) is 48.7 Å². The van der Waals surface area contributed by atoms with Crippen LogP contribution < -0.4 is 0 Å². The lowest BCUT2D eigenvalue weighted by molar-refractivity contribution is -0.193. The highest BCUT2D eigenvalue weighted by Gasteiger charge is 2.30. The molecule has 0 heterocycles. The van der Waals surface area contributed by atoms with Crippen molar-refractivity contribution >= 4 is 5.97 Å². The third kappa shape index (κ3) is 13.1. The Labute approximate surface area is 225 Å². The summed E-state index contributed by atoms with van der Waals surface area (Å²) >= 11 is 0. The molecule has 0 aliphatic carbocycles. The van der Waals surface area contributed by atoms with Crippen molar-refractivity contribution in [2.75, 3.05) is 13.2 Å². The van der Waals surface area contributed by atoms with Crippen LogP contribution in [0, 0.1) is 11.8 Å². The van der Waals surface area contributed by atoms with Crippen molar-refractivity contribution in [1.29, 1.82) is 0 Å². The van der Waals surface area contributed by atoms with Crippen molar-refractivity contribution in [2.45, 2.75) is 90.9 Å². The number of nitrogens with zero attached hydrogens (tertiary/aromatic N) is 1. The lowest BCUT2D eigenvalue weighted by Crippen LogP contribution is -2.27. The Morgan fingerprint density at radius 3 is 1.92 bits per heavy atom. The van der Waals surface area contributed by atoms with Crippen molar-refractivity contribution in [3.63, 3.8) is 0 Å². The predicted octanol–water partition coefficient (Wildman–Crippen LogP) is 8.08. The second kappa shape index (κ2) is 17.6. The number of hydrogen-bond acceptors (Lipinski definition) is 4. The molecule has 0 spiro atoms. The van der Waals surface area contributed by atoms with Gasteiger partial charge in [-0.25, -0.2) is 4.79 Å². The number of hydroxylamine groups is 2. The smallest absolute Gasteiger partial charge is 0.416 e. The molecule has 0 bridgehead atoms. The molecule has 0 aliphatic heterocycles. The van der Waals surface area contributed by atoms with E-state index in [1.165, 1.54) is 57.1 Å². The predicted molar refractivity (Wildman–Crippen MR) is 144 cm³/mol. The first-order valence-corrected chi connectivity index (χ1v) is 13.6. The van der Waals surface area contributed by atoms with E-state index in [4.69, 9.17) is 9.57 Å². The molecule has 208 valence electrons. The fourth-order valence-electron chi connectivity index (χ4n) is 3.91. The van der Waals surface area contributed by atoms with Crippen molar-refractivity contribution in [3.05, 3.63) is 70.8 Å². The maximum Gasteiger partial charge on any atom is 0.416 e. The summed E-state index contributed by atoms with van der Waals surface area (Å²) in [6, 6.07) is 12.7. The van der Waals surface area contributed by atoms with Crippen molar-refractivity contribution in [3.8, 4) is 11.8 Å². The summed E-state index contributed by atoms with van der Waals surface area (Å²) in [5.74, 6) is 5.95. The number of hydrogen-bond donors (Lipinski definition) is 0. The molecule has 0 aromatic heterocycles. The average molecular weight is 532 g/mol. The number of rotatable bonds is 16. The largest absolute Gasteiger partial charge is 0.464 e. The van der Waals surface area contributed by atoms with E-state index in [1.807, 2.05) is 24.3 Å². The van der Waals surface area contributed by atoms with E-state index in [-0.39, 0.29) is 19.8 Å². The standard InChI is InChI=1S/C31H40F3NO3/c1-3-5-6-7-8-9-10-11-12-13-14-26-15-17-27(18-16-26)23-35(38-25-30(36)37-4-2)24-28-19-21-29(22-20-28)31(32,33)34/h15-22H,3-12,23-25H2,1-2H3. The Hall–Kier alpha value is -2.82. The normalized spacial score (nSPS) is 11.3. The van der Waals surface area contributed by atoms with Gasteiger partial charge in [0.05, 0.1) is 12.2 Å². The van der Waals surface area contributed by atoms with Gasteiger partial charge in [0.1, 0.15) is 0 Å².